The highest BCUT2D eigenvalue weighted by Gasteiger charge is 2.13. The summed E-state index contributed by atoms with van der Waals surface area (Å²) in [5.74, 6) is 0. The van der Waals surface area contributed by atoms with Gasteiger partial charge in [0, 0.05) is 30.7 Å². The van der Waals surface area contributed by atoms with Gasteiger partial charge in [-0.2, -0.15) is 0 Å². The Morgan fingerprint density at radius 1 is 1.28 bits per heavy atom. The second-order valence-electron chi connectivity index (χ2n) is 5.04. The van der Waals surface area contributed by atoms with Crippen LogP contribution in [0.25, 0.3) is 0 Å². The van der Waals surface area contributed by atoms with E-state index in [2.05, 4.69) is 22.1 Å². The van der Waals surface area contributed by atoms with Crippen molar-refractivity contribution in [1.29, 1.82) is 0 Å². The van der Waals surface area contributed by atoms with Gasteiger partial charge in [-0.05, 0) is 25.8 Å². The van der Waals surface area contributed by atoms with Crippen molar-refractivity contribution in [1.82, 2.24) is 10.3 Å². The van der Waals surface area contributed by atoms with E-state index in [1.807, 2.05) is 17.5 Å². The zero-order valence-electron chi connectivity index (χ0n) is 11.5. The van der Waals surface area contributed by atoms with Crippen molar-refractivity contribution < 1.29 is 0 Å². The lowest BCUT2D eigenvalue weighted by Gasteiger charge is -2.18. The lowest BCUT2D eigenvalue weighted by Crippen LogP contribution is -2.23. The predicted octanol–water partition coefficient (Wildman–Crippen LogP) is 3.41. The smallest absolute Gasteiger partial charge is 0.185 e. The monoisotopic (exact) mass is 267 g/mol. The van der Waals surface area contributed by atoms with Gasteiger partial charge < -0.3 is 10.2 Å². The quantitative estimate of drug-likeness (QED) is 0.801. The van der Waals surface area contributed by atoms with Crippen LogP contribution in [0.2, 0.25) is 0 Å². The Kier molecular flexibility index (Phi) is 5.94. The molecule has 1 aromatic rings. The zero-order valence-corrected chi connectivity index (χ0v) is 12.3. The third kappa shape index (κ3) is 4.25. The van der Waals surface area contributed by atoms with Gasteiger partial charge >= 0.3 is 0 Å². The number of nitrogens with one attached hydrogen (secondary N) is 1. The van der Waals surface area contributed by atoms with Crippen molar-refractivity contribution in [2.24, 2.45) is 0 Å². The van der Waals surface area contributed by atoms with Gasteiger partial charge in [0.15, 0.2) is 5.13 Å². The normalized spacial score (nSPS) is 16.8. The first-order valence-corrected chi connectivity index (χ1v) is 8.12. The number of hydrogen-bond donors (Lipinski definition) is 1. The maximum absolute atomic E-state index is 4.58. The first-order chi connectivity index (χ1) is 8.90. The van der Waals surface area contributed by atoms with Crippen LogP contribution in [0.4, 0.5) is 5.13 Å². The van der Waals surface area contributed by atoms with Crippen molar-refractivity contribution in [3.05, 3.63) is 11.1 Å². The first kappa shape index (κ1) is 13.8. The number of hydrogen-bond acceptors (Lipinski definition) is 4. The third-order valence-corrected chi connectivity index (χ3v) is 4.48. The van der Waals surface area contributed by atoms with Gasteiger partial charge in [-0.3, -0.25) is 0 Å². The molecule has 0 bridgehead atoms. The molecule has 4 heteroatoms. The van der Waals surface area contributed by atoms with Crippen molar-refractivity contribution >= 4 is 16.5 Å². The Labute approximate surface area is 115 Å². The molecule has 1 fully saturated rings. The summed E-state index contributed by atoms with van der Waals surface area (Å²) in [5, 5.41) is 4.71. The molecule has 0 atom stereocenters. The molecule has 102 valence electrons. The second kappa shape index (κ2) is 7.74. The van der Waals surface area contributed by atoms with E-state index < -0.39 is 0 Å². The van der Waals surface area contributed by atoms with Crippen LogP contribution in [-0.2, 0) is 6.54 Å². The highest BCUT2D eigenvalue weighted by atomic mass is 32.1. The SMILES string of the molecule is CCCCNCc1cnc(N2CCCCCC2)s1. The molecule has 0 unspecified atom stereocenters. The van der Waals surface area contributed by atoms with Crippen LogP contribution in [0.5, 0.6) is 0 Å². The fraction of sp³-hybridized carbons (Fsp3) is 0.786. The standard InChI is InChI=1S/C14H25N3S/c1-2-3-8-15-11-13-12-16-14(18-13)17-9-6-4-5-7-10-17/h12,15H,2-11H2,1H3. The molecule has 18 heavy (non-hydrogen) atoms. The van der Waals surface area contributed by atoms with Gasteiger partial charge in [-0.15, -0.1) is 11.3 Å². The fourth-order valence-electron chi connectivity index (χ4n) is 2.30. The zero-order chi connectivity index (χ0) is 12.6. The van der Waals surface area contributed by atoms with E-state index in [1.165, 1.54) is 61.6 Å². The van der Waals surface area contributed by atoms with Crippen LogP contribution < -0.4 is 10.2 Å². The van der Waals surface area contributed by atoms with Gasteiger partial charge in [0.05, 0.1) is 0 Å². The summed E-state index contributed by atoms with van der Waals surface area (Å²) in [6.45, 7) is 6.71. The molecule has 1 aliphatic heterocycles. The third-order valence-electron chi connectivity index (χ3n) is 3.42. The number of rotatable bonds is 6. The highest BCUT2D eigenvalue weighted by molar-refractivity contribution is 7.15. The van der Waals surface area contributed by atoms with E-state index in [-0.39, 0.29) is 0 Å². The molecule has 1 N–H and O–H groups in total. The minimum Gasteiger partial charge on any atom is -0.348 e. The summed E-state index contributed by atoms with van der Waals surface area (Å²) < 4.78 is 0. The summed E-state index contributed by atoms with van der Waals surface area (Å²) in [6.07, 6.45) is 9.98. The number of aromatic nitrogens is 1. The Bertz CT molecular complexity index is 330. The summed E-state index contributed by atoms with van der Waals surface area (Å²) >= 11 is 1.86. The van der Waals surface area contributed by atoms with E-state index in [0.717, 1.165) is 13.1 Å². The minimum atomic E-state index is 0.978. The van der Waals surface area contributed by atoms with E-state index in [1.54, 1.807) is 0 Å². The Hall–Kier alpha value is -0.610. The largest absolute Gasteiger partial charge is 0.348 e. The molecule has 0 aliphatic carbocycles. The molecule has 0 aromatic carbocycles. The van der Waals surface area contributed by atoms with E-state index in [9.17, 15) is 0 Å². The van der Waals surface area contributed by atoms with Gasteiger partial charge in [-0.25, -0.2) is 4.98 Å². The van der Waals surface area contributed by atoms with Crippen LogP contribution in [0.15, 0.2) is 6.20 Å². The summed E-state index contributed by atoms with van der Waals surface area (Å²) in [7, 11) is 0. The summed E-state index contributed by atoms with van der Waals surface area (Å²) in [4.78, 5) is 8.42. The predicted molar refractivity (Wildman–Crippen MR) is 79.4 cm³/mol. The van der Waals surface area contributed by atoms with Gasteiger partial charge in [-0.1, -0.05) is 26.2 Å². The van der Waals surface area contributed by atoms with E-state index in [0.29, 0.717) is 0 Å². The van der Waals surface area contributed by atoms with Gasteiger partial charge in [0.2, 0.25) is 0 Å². The molecular weight excluding hydrogens is 242 g/mol. The second-order valence-corrected chi connectivity index (χ2v) is 6.13. The number of anilines is 1. The highest BCUT2D eigenvalue weighted by Crippen LogP contribution is 2.24. The maximum Gasteiger partial charge on any atom is 0.185 e. The maximum atomic E-state index is 4.58. The molecular formula is C14H25N3S. The fourth-order valence-corrected chi connectivity index (χ4v) is 3.23. The molecule has 2 heterocycles. The average molecular weight is 267 g/mol. The lowest BCUT2D eigenvalue weighted by atomic mass is 10.2. The van der Waals surface area contributed by atoms with Crippen molar-refractivity contribution in [2.45, 2.75) is 52.0 Å². The summed E-state index contributed by atoms with van der Waals surface area (Å²) in [5.41, 5.74) is 0. The molecule has 2 rings (SSSR count). The number of nitrogens with zero attached hydrogens (tertiary/aromatic N) is 2. The Morgan fingerprint density at radius 2 is 2.06 bits per heavy atom. The number of thiazole rings is 1. The molecule has 0 radical (unpaired) electrons. The van der Waals surface area contributed by atoms with Gasteiger partial charge in [0.25, 0.3) is 0 Å². The minimum absolute atomic E-state index is 0.978. The van der Waals surface area contributed by atoms with E-state index in [4.69, 9.17) is 0 Å². The Balaban J connectivity index is 1.81. The van der Waals surface area contributed by atoms with Crippen molar-refractivity contribution in [2.75, 3.05) is 24.5 Å². The van der Waals surface area contributed by atoms with Crippen LogP contribution in [0.3, 0.4) is 0 Å². The van der Waals surface area contributed by atoms with Crippen molar-refractivity contribution in [3.63, 3.8) is 0 Å². The molecule has 0 saturated carbocycles. The lowest BCUT2D eigenvalue weighted by molar-refractivity contribution is 0.645. The van der Waals surface area contributed by atoms with Gasteiger partial charge in [0.1, 0.15) is 0 Å². The topological polar surface area (TPSA) is 28.2 Å². The Morgan fingerprint density at radius 3 is 2.78 bits per heavy atom. The van der Waals surface area contributed by atoms with Crippen LogP contribution in [-0.4, -0.2) is 24.6 Å². The van der Waals surface area contributed by atoms with Crippen LogP contribution in [0.1, 0.15) is 50.3 Å². The van der Waals surface area contributed by atoms with Crippen molar-refractivity contribution in [3.8, 4) is 0 Å². The molecule has 1 aliphatic rings. The first-order valence-electron chi connectivity index (χ1n) is 7.30. The molecule has 0 amide bonds. The van der Waals surface area contributed by atoms with E-state index >= 15 is 0 Å². The molecule has 3 nitrogen and oxygen atoms in total. The summed E-state index contributed by atoms with van der Waals surface area (Å²) in [6, 6.07) is 0. The number of unbranched alkanes of at least 4 members (excludes halogenated alkanes) is 1. The molecule has 1 saturated heterocycles. The van der Waals surface area contributed by atoms with Crippen LogP contribution in [0, 0.1) is 0 Å². The average Bonchev–Trinajstić information content (AvgIpc) is 2.69. The molecule has 1 aromatic heterocycles. The molecule has 0 spiro atoms. The van der Waals surface area contributed by atoms with Crippen LogP contribution >= 0.6 is 11.3 Å².